The van der Waals surface area contributed by atoms with Crippen LogP contribution < -0.4 is 20.3 Å². The summed E-state index contributed by atoms with van der Waals surface area (Å²) in [5.41, 5.74) is 6.08. The van der Waals surface area contributed by atoms with Gasteiger partial charge in [-0.25, -0.2) is 0 Å². The number of hydrogen-bond acceptors (Lipinski definition) is 7. The maximum Gasteiger partial charge on any atom is 0.142 e. The lowest BCUT2D eigenvalue weighted by Gasteiger charge is -2.33. The van der Waals surface area contributed by atoms with E-state index in [0.29, 0.717) is 12.5 Å². The van der Waals surface area contributed by atoms with Crippen LogP contribution in [-0.2, 0) is 20.8 Å². The number of methoxy groups -OCH3 is 1. The van der Waals surface area contributed by atoms with Crippen LogP contribution in [-0.4, -0.2) is 71.8 Å². The van der Waals surface area contributed by atoms with Crippen molar-refractivity contribution in [3.8, 4) is 5.75 Å². The molecule has 2 saturated heterocycles. The number of benzene rings is 3. The van der Waals surface area contributed by atoms with E-state index in [4.69, 9.17) is 18.9 Å². The Morgan fingerprint density at radius 3 is 2.55 bits per heavy atom. The predicted octanol–water partition coefficient (Wildman–Crippen LogP) is 5.05. The standard InChI is InChI=1S/C35H45N3O4/c1-39-20-5-18-38-19-21-40-33-13-8-26(22-32(33)38)25-41-34-24-37-17-15-31(34)27-9-11-29(12-10-27)35(28-6-3-2-4-7-28)42-30-14-16-36-23-30/h2-4,6-13,22,30-31,34-37H,5,14-21,23-25H2,1H3. The third-order valence-corrected chi connectivity index (χ3v) is 8.76. The lowest BCUT2D eigenvalue weighted by atomic mass is 9.86. The van der Waals surface area contributed by atoms with Crippen molar-refractivity contribution in [3.05, 3.63) is 95.1 Å². The Hall–Kier alpha value is -2.94. The molecule has 6 rings (SSSR count). The van der Waals surface area contributed by atoms with E-state index in [9.17, 15) is 0 Å². The molecule has 0 bridgehead atoms. The van der Waals surface area contributed by atoms with Crippen LogP contribution in [0.15, 0.2) is 72.8 Å². The summed E-state index contributed by atoms with van der Waals surface area (Å²) >= 11 is 0. The summed E-state index contributed by atoms with van der Waals surface area (Å²) in [7, 11) is 1.76. The zero-order chi connectivity index (χ0) is 28.6. The molecule has 4 atom stereocenters. The van der Waals surface area contributed by atoms with Crippen LogP contribution in [0.25, 0.3) is 0 Å². The Bertz CT molecular complexity index is 1250. The van der Waals surface area contributed by atoms with Gasteiger partial charge in [0.25, 0.3) is 0 Å². The lowest BCUT2D eigenvalue weighted by molar-refractivity contribution is 0.0105. The molecule has 3 aliphatic rings. The van der Waals surface area contributed by atoms with Gasteiger partial charge in [-0.1, -0.05) is 60.7 Å². The number of piperidine rings is 1. The van der Waals surface area contributed by atoms with Crippen LogP contribution in [0, 0.1) is 0 Å². The second-order valence-corrected chi connectivity index (χ2v) is 11.6. The second-order valence-electron chi connectivity index (χ2n) is 11.6. The van der Waals surface area contributed by atoms with Crippen molar-refractivity contribution in [1.29, 1.82) is 0 Å². The summed E-state index contributed by atoms with van der Waals surface area (Å²) < 4.78 is 24.5. The zero-order valence-electron chi connectivity index (χ0n) is 24.8. The van der Waals surface area contributed by atoms with Crippen LogP contribution in [0.4, 0.5) is 5.69 Å². The molecule has 2 fully saturated rings. The van der Waals surface area contributed by atoms with E-state index in [2.05, 4.69) is 88.3 Å². The molecule has 2 N–H and O–H groups in total. The van der Waals surface area contributed by atoms with Crippen molar-refractivity contribution in [2.75, 3.05) is 64.5 Å². The van der Waals surface area contributed by atoms with Crippen molar-refractivity contribution >= 4 is 5.69 Å². The van der Waals surface area contributed by atoms with Crippen LogP contribution >= 0.6 is 0 Å². The normalized spacial score (nSPS) is 22.9. The fraction of sp³-hybridized carbons (Fsp3) is 0.486. The molecule has 0 saturated carbocycles. The molecule has 0 spiro atoms. The maximum atomic E-state index is 6.64. The molecule has 4 unspecified atom stereocenters. The molecule has 0 aliphatic carbocycles. The molecule has 7 nitrogen and oxygen atoms in total. The fourth-order valence-corrected chi connectivity index (χ4v) is 6.46. The first-order valence-electron chi connectivity index (χ1n) is 15.6. The van der Waals surface area contributed by atoms with Gasteiger partial charge in [0.15, 0.2) is 0 Å². The van der Waals surface area contributed by atoms with Gasteiger partial charge in [-0.3, -0.25) is 0 Å². The van der Waals surface area contributed by atoms with E-state index in [0.717, 1.165) is 83.2 Å². The first-order chi connectivity index (χ1) is 20.8. The van der Waals surface area contributed by atoms with E-state index in [1.165, 1.54) is 22.3 Å². The molecule has 3 heterocycles. The lowest BCUT2D eigenvalue weighted by Crippen LogP contribution is -2.41. The zero-order valence-corrected chi connectivity index (χ0v) is 24.8. The maximum absolute atomic E-state index is 6.64. The van der Waals surface area contributed by atoms with Crippen LogP contribution in [0.3, 0.4) is 0 Å². The molecule has 0 amide bonds. The molecular weight excluding hydrogens is 526 g/mol. The number of fused-ring (bicyclic) bond motifs is 1. The minimum Gasteiger partial charge on any atom is -0.490 e. The second kappa shape index (κ2) is 14.5. The molecule has 0 aromatic heterocycles. The van der Waals surface area contributed by atoms with E-state index >= 15 is 0 Å². The van der Waals surface area contributed by atoms with Gasteiger partial charge < -0.3 is 34.5 Å². The summed E-state index contributed by atoms with van der Waals surface area (Å²) in [5.74, 6) is 1.31. The number of hydrogen-bond donors (Lipinski definition) is 2. The number of rotatable bonds is 12. The third kappa shape index (κ3) is 7.16. The molecule has 224 valence electrons. The van der Waals surface area contributed by atoms with Gasteiger partial charge >= 0.3 is 0 Å². The van der Waals surface area contributed by atoms with Gasteiger partial charge in [0, 0.05) is 39.3 Å². The first-order valence-corrected chi connectivity index (χ1v) is 15.6. The van der Waals surface area contributed by atoms with E-state index in [-0.39, 0.29) is 18.3 Å². The molecule has 3 aromatic carbocycles. The SMILES string of the molecule is COCCCN1CCOc2ccc(COC3CNCCC3c3ccc(C(OC4CCNC4)c4ccccc4)cc3)cc21. The Kier molecular flexibility index (Phi) is 10.1. The molecular formula is C35H45N3O4. The Balaban J connectivity index is 1.13. The van der Waals surface area contributed by atoms with Crippen molar-refractivity contribution < 1.29 is 18.9 Å². The monoisotopic (exact) mass is 571 g/mol. The van der Waals surface area contributed by atoms with Crippen molar-refractivity contribution in [2.24, 2.45) is 0 Å². The highest BCUT2D eigenvalue weighted by Gasteiger charge is 2.29. The van der Waals surface area contributed by atoms with Crippen LogP contribution in [0.1, 0.15) is 53.5 Å². The van der Waals surface area contributed by atoms with Crippen molar-refractivity contribution in [1.82, 2.24) is 10.6 Å². The van der Waals surface area contributed by atoms with Crippen molar-refractivity contribution in [3.63, 3.8) is 0 Å². The van der Waals surface area contributed by atoms with Gasteiger partial charge in [0.2, 0.25) is 0 Å². The van der Waals surface area contributed by atoms with Gasteiger partial charge in [-0.2, -0.15) is 0 Å². The Morgan fingerprint density at radius 1 is 0.929 bits per heavy atom. The van der Waals surface area contributed by atoms with Crippen LogP contribution in [0.5, 0.6) is 5.75 Å². The molecule has 0 radical (unpaired) electrons. The largest absolute Gasteiger partial charge is 0.490 e. The van der Waals surface area contributed by atoms with Gasteiger partial charge in [-0.15, -0.1) is 0 Å². The van der Waals surface area contributed by atoms with Crippen molar-refractivity contribution in [2.45, 2.75) is 50.1 Å². The topological polar surface area (TPSA) is 64.2 Å². The molecule has 42 heavy (non-hydrogen) atoms. The highest BCUT2D eigenvalue weighted by molar-refractivity contribution is 5.61. The predicted molar refractivity (Wildman–Crippen MR) is 167 cm³/mol. The highest BCUT2D eigenvalue weighted by Crippen LogP contribution is 2.35. The average molecular weight is 572 g/mol. The van der Waals surface area contributed by atoms with E-state index in [1.54, 1.807) is 7.11 Å². The summed E-state index contributed by atoms with van der Waals surface area (Å²) in [6.45, 7) is 7.74. The molecule has 3 aliphatic heterocycles. The van der Waals surface area contributed by atoms with E-state index < -0.39 is 0 Å². The first kappa shape index (κ1) is 29.1. The van der Waals surface area contributed by atoms with Gasteiger partial charge in [-0.05, 0) is 66.7 Å². The summed E-state index contributed by atoms with van der Waals surface area (Å²) in [6, 6.07) is 26.2. The molecule has 3 aromatic rings. The average Bonchev–Trinajstić information content (AvgIpc) is 3.57. The Morgan fingerprint density at radius 2 is 1.74 bits per heavy atom. The Labute approximate surface area is 250 Å². The number of nitrogens with one attached hydrogen (secondary N) is 2. The smallest absolute Gasteiger partial charge is 0.142 e. The minimum atomic E-state index is -0.0627. The third-order valence-electron chi connectivity index (χ3n) is 8.76. The minimum absolute atomic E-state index is 0.0627. The van der Waals surface area contributed by atoms with E-state index in [1.807, 2.05) is 0 Å². The van der Waals surface area contributed by atoms with Gasteiger partial charge in [0.1, 0.15) is 18.5 Å². The summed E-state index contributed by atoms with van der Waals surface area (Å²) in [6.07, 6.45) is 3.40. The van der Waals surface area contributed by atoms with Gasteiger partial charge in [0.05, 0.1) is 31.0 Å². The highest BCUT2D eigenvalue weighted by atomic mass is 16.5. The molecule has 7 heteroatoms. The summed E-state index contributed by atoms with van der Waals surface area (Å²) in [5, 5.41) is 6.99. The van der Waals surface area contributed by atoms with Crippen LogP contribution in [0.2, 0.25) is 0 Å². The fourth-order valence-electron chi connectivity index (χ4n) is 6.46. The quantitative estimate of drug-likeness (QED) is 0.295. The summed E-state index contributed by atoms with van der Waals surface area (Å²) in [4.78, 5) is 2.41. The number of anilines is 1. The number of ether oxygens (including phenoxy) is 4. The number of nitrogens with zero attached hydrogens (tertiary/aromatic N) is 1.